The molecule has 0 aromatic rings. The summed E-state index contributed by atoms with van der Waals surface area (Å²) in [5.74, 6) is 0.862. The second-order valence-electron chi connectivity index (χ2n) is 7.18. The van der Waals surface area contributed by atoms with Crippen molar-refractivity contribution in [2.75, 3.05) is 32.8 Å². The minimum atomic E-state index is -3.33. The van der Waals surface area contributed by atoms with Gasteiger partial charge in [-0.1, -0.05) is 20.8 Å². The predicted molar refractivity (Wildman–Crippen MR) is 84.1 cm³/mol. The van der Waals surface area contributed by atoms with E-state index in [2.05, 4.69) is 20.8 Å². The minimum absolute atomic E-state index is 0.0749. The Morgan fingerprint density at radius 2 is 1.62 bits per heavy atom. The van der Waals surface area contributed by atoms with Gasteiger partial charge in [-0.25, -0.2) is 0 Å². The summed E-state index contributed by atoms with van der Waals surface area (Å²) >= 11 is 0. The Morgan fingerprint density at radius 1 is 1.10 bits per heavy atom. The first-order chi connectivity index (χ1) is 9.83. The molecule has 2 saturated heterocycles. The van der Waals surface area contributed by atoms with Crippen LogP contribution in [0.4, 0.5) is 0 Å². The number of hydrogen-bond acceptors (Lipinski definition) is 3. The van der Waals surface area contributed by atoms with Crippen LogP contribution in [0.15, 0.2) is 0 Å². The third-order valence-corrected chi connectivity index (χ3v) is 7.32. The molecule has 2 aliphatic rings. The molecule has 0 aliphatic carbocycles. The topological polar surface area (TPSA) is 60.9 Å². The summed E-state index contributed by atoms with van der Waals surface area (Å²) in [6, 6.07) is 0. The highest BCUT2D eigenvalue weighted by atomic mass is 32.2. The fraction of sp³-hybridized carbons (Fsp3) is 1.00. The lowest BCUT2D eigenvalue weighted by molar-refractivity contribution is 0.0620. The van der Waals surface area contributed by atoms with Crippen molar-refractivity contribution in [3.63, 3.8) is 0 Å². The van der Waals surface area contributed by atoms with Crippen molar-refractivity contribution in [2.45, 2.75) is 46.5 Å². The smallest absolute Gasteiger partial charge is 0.281 e. The van der Waals surface area contributed by atoms with Crippen LogP contribution in [0.25, 0.3) is 0 Å². The van der Waals surface area contributed by atoms with Gasteiger partial charge in [0.1, 0.15) is 0 Å². The maximum Gasteiger partial charge on any atom is 0.281 e. The van der Waals surface area contributed by atoms with E-state index < -0.39 is 10.2 Å². The molecule has 6 heteroatoms. The standard InChI is InChI=1S/C15H30N2O3S/c1-4-15(12-18)5-7-16(8-6-15)21(19,20)17-10-13(2)9-14(3)11-17/h13-14,18H,4-12H2,1-3H3. The Balaban J connectivity index is 2.04. The zero-order chi connectivity index (χ0) is 15.7. The summed E-state index contributed by atoms with van der Waals surface area (Å²) in [4.78, 5) is 0. The van der Waals surface area contributed by atoms with E-state index in [1.807, 2.05) is 0 Å². The van der Waals surface area contributed by atoms with Crippen LogP contribution in [-0.4, -0.2) is 54.9 Å². The van der Waals surface area contributed by atoms with E-state index in [9.17, 15) is 13.5 Å². The molecule has 2 aliphatic heterocycles. The van der Waals surface area contributed by atoms with Gasteiger partial charge >= 0.3 is 0 Å². The van der Waals surface area contributed by atoms with Gasteiger partial charge in [0, 0.05) is 32.8 Å². The highest BCUT2D eigenvalue weighted by molar-refractivity contribution is 7.86. The molecule has 124 valence electrons. The number of aliphatic hydroxyl groups excluding tert-OH is 1. The largest absolute Gasteiger partial charge is 0.396 e. The first kappa shape index (κ1) is 17.2. The Hall–Kier alpha value is -0.170. The minimum Gasteiger partial charge on any atom is -0.396 e. The number of nitrogens with zero attached hydrogens (tertiary/aromatic N) is 2. The third-order valence-electron chi connectivity index (χ3n) is 5.36. The summed E-state index contributed by atoms with van der Waals surface area (Å²) in [5.41, 5.74) is -0.0749. The quantitative estimate of drug-likeness (QED) is 0.858. The molecule has 0 saturated carbocycles. The van der Waals surface area contributed by atoms with Crippen LogP contribution in [0.1, 0.15) is 46.5 Å². The van der Waals surface area contributed by atoms with Gasteiger partial charge in [-0.2, -0.15) is 17.0 Å². The molecule has 1 N–H and O–H groups in total. The number of aliphatic hydroxyl groups is 1. The average Bonchev–Trinajstić information content (AvgIpc) is 2.46. The maximum atomic E-state index is 12.8. The summed E-state index contributed by atoms with van der Waals surface area (Å²) in [7, 11) is -3.33. The summed E-state index contributed by atoms with van der Waals surface area (Å²) in [5, 5.41) is 9.57. The summed E-state index contributed by atoms with van der Waals surface area (Å²) < 4.78 is 28.9. The van der Waals surface area contributed by atoms with E-state index in [-0.39, 0.29) is 12.0 Å². The lowest BCUT2D eigenvalue weighted by Crippen LogP contribution is -2.53. The molecule has 0 aromatic heterocycles. The van der Waals surface area contributed by atoms with E-state index >= 15 is 0 Å². The van der Waals surface area contributed by atoms with Crippen molar-refractivity contribution in [2.24, 2.45) is 17.3 Å². The zero-order valence-electron chi connectivity index (χ0n) is 13.6. The third kappa shape index (κ3) is 3.60. The number of piperidine rings is 2. The maximum absolute atomic E-state index is 12.8. The molecule has 2 heterocycles. The predicted octanol–water partition coefficient (Wildman–Crippen LogP) is 1.69. The molecular weight excluding hydrogens is 288 g/mol. The van der Waals surface area contributed by atoms with Crippen molar-refractivity contribution in [1.82, 2.24) is 8.61 Å². The second kappa shape index (κ2) is 6.52. The van der Waals surface area contributed by atoms with Crippen molar-refractivity contribution in [3.8, 4) is 0 Å². The van der Waals surface area contributed by atoms with Crippen molar-refractivity contribution < 1.29 is 13.5 Å². The Kier molecular flexibility index (Phi) is 5.34. The molecule has 2 rings (SSSR count). The van der Waals surface area contributed by atoms with Crippen LogP contribution in [0.2, 0.25) is 0 Å². The first-order valence-electron chi connectivity index (χ1n) is 8.19. The molecule has 0 bridgehead atoms. The van der Waals surface area contributed by atoms with Crippen LogP contribution in [0, 0.1) is 17.3 Å². The van der Waals surface area contributed by atoms with Gasteiger partial charge in [0.15, 0.2) is 0 Å². The molecule has 21 heavy (non-hydrogen) atoms. The highest BCUT2D eigenvalue weighted by Crippen LogP contribution is 2.36. The van der Waals surface area contributed by atoms with Crippen LogP contribution in [-0.2, 0) is 10.2 Å². The highest BCUT2D eigenvalue weighted by Gasteiger charge is 2.40. The van der Waals surface area contributed by atoms with Crippen molar-refractivity contribution in [1.29, 1.82) is 0 Å². The fourth-order valence-corrected chi connectivity index (χ4v) is 5.63. The fourth-order valence-electron chi connectivity index (χ4n) is 3.77. The second-order valence-corrected chi connectivity index (χ2v) is 9.11. The molecule has 5 nitrogen and oxygen atoms in total. The monoisotopic (exact) mass is 318 g/mol. The van der Waals surface area contributed by atoms with Gasteiger partial charge in [-0.3, -0.25) is 0 Å². The number of rotatable bonds is 4. The van der Waals surface area contributed by atoms with Crippen LogP contribution < -0.4 is 0 Å². The van der Waals surface area contributed by atoms with Gasteiger partial charge in [-0.15, -0.1) is 0 Å². The van der Waals surface area contributed by atoms with Crippen LogP contribution >= 0.6 is 0 Å². The first-order valence-corrected chi connectivity index (χ1v) is 9.59. The molecule has 2 fully saturated rings. The Bertz CT molecular complexity index is 428. The molecule has 0 spiro atoms. The molecule has 0 aromatic carbocycles. The number of hydrogen-bond donors (Lipinski definition) is 1. The van der Waals surface area contributed by atoms with E-state index in [0.717, 1.165) is 25.7 Å². The lowest BCUT2D eigenvalue weighted by atomic mass is 9.77. The molecule has 0 amide bonds. The van der Waals surface area contributed by atoms with Crippen molar-refractivity contribution >= 4 is 10.2 Å². The van der Waals surface area contributed by atoms with Gasteiger partial charge in [-0.05, 0) is 42.9 Å². The van der Waals surface area contributed by atoms with Gasteiger partial charge < -0.3 is 5.11 Å². The van der Waals surface area contributed by atoms with E-state index in [0.29, 0.717) is 38.0 Å². The molecule has 2 atom stereocenters. The molecular formula is C15H30N2O3S. The lowest BCUT2D eigenvalue weighted by Gasteiger charge is -2.42. The SMILES string of the molecule is CCC1(CO)CCN(S(=O)(=O)N2CC(C)CC(C)C2)CC1. The Labute approximate surface area is 129 Å². The van der Waals surface area contributed by atoms with Gasteiger partial charge in [0.05, 0.1) is 0 Å². The molecule has 2 unspecified atom stereocenters. The van der Waals surface area contributed by atoms with E-state index in [1.165, 1.54) is 0 Å². The van der Waals surface area contributed by atoms with Gasteiger partial charge in [0.2, 0.25) is 0 Å². The van der Waals surface area contributed by atoms with E-state index in [1.54, 1.807) is 8.61 Å². The molecule has 0 radical (unpaired) electrons. The van der Waals surface area contributed by atoms with Gasteiger partial charge in [0.25, 0.3) is 10.2 Å². The van der Waals surface area contributed by atoms with Crippen LogP contribution in [0.3, 0.4) is 0 Å². The average molecular weight is 318 g/mol. The summed E-state index contributed by atoms with van der Waals surface area (Å²) in [6.45, 7) is 8.85. The Morgan fingerprint density at radius 3 is 2.05 bits per heavy atom. The van der Waals surface area contributed by atoms with Crippen LogP contribution in [0.5, 0.6) is 0 Å². The normalized spacial score (nSPS) is 32.2. The van der Waals surface area contributed by atoms with E-state index in [4.69, 9.17) is 0 Å². The van der Waals surface area contributed by atoms with Crippen molar-refractivity contribution in [3.05, 3.63) is 0 Å². The summed E-state index contributed by atoms with van der Waals surface area (Å²) in [6.07, 6.45) is 3.54. The zero-order valence-corrected chi connectivity index (χ0v) is 14.4.